The van der Waals surface area contributed by atoms with Crippen molar-refractivity contribution >= 4 is 16.2 Å². The molecule has 0 aromatic heterocycles. The molecule has 0 fully saturated rings. The lowest BCUT2D eigenvalue weighted by atomic mass is 9.71. The zero-order valence-corrected chi connectivity index (χ0v) is 14.6. The van der Waals surface area contributed by atoms with Gasteiger partial charge in [0.2, 0.25) is 0 Å². The molecule has 1 N–H and O–H groups in total. The quantitative estimate of drug-likeness (QED) is 0.812. The molecule has 0 radical (unpaired) electrons. The third-order valence-corrected chi connectivity index (χ3v) is 6.03. The van der Waals surface area contributed by atoms with E-state index in [0.29, 0.717) is 12.3 Å². The fourth-order valence-electron chi connectivity index (χ4n) is 3.68. The highest BCUT2D eigenvalue weighted by molar-refractivity contribution is 7.86. The molecule has 0 aliphatic heterocycles. The molecule has 0 saturated carbocycles. The molecule has 1 aromatic rings. The van der Waals surface area contributed by atoms with Crippen LogP contribution in [-0.2, 0) is 14.9 Å². The number of hydrogen-bond donors (Lipinski definition) is 1. The van der Waals surface area contributed by atoms with Crippen LogP contribution >= 0.6 is 0 Å². The van der Waals surface area contributed by atoms with Crippen molar-refractivity contribution in [2.24, 2.45) is 17.8 Å². The molecule has 4 heteroatoms. The van der Waals surface area contributed by atoms with Gasteiger partial charge in [-0.3, -0.25) is 4.55 Å². The molecule has 3 nitrogen and oxygen atoms in total. The van der Waals surface area contributed by atoms with Gasteiger partial charge in [0.05, 0.1) is 0 Å². The van der Waals surface area contributed by atoms with Crippen LogP contribution in [0.1, 0.15) is 51.7 Å². The van der Waals surface area contributed by atoms with Gasteiger partial charge in [-0.1, -0.05) is 64.1 Å². The van der Waals surface area contributed by atoms with Crippen LogP contribution in [0.5, 0.6) is 0 Å². The standard InChI is InChI=1S/C18H26O3S/c1-13(2)11-16-10-9-15-7-5-6-8-17(15)18(16,12-14(3)4)22(19,20)21/h5-10,13-14,16H,11-12H2,1-4H3,(H,19,20,21). The molecular weight excluding hydrogens is 296 g/mol. The molecule has 1 aliphatic rings. The van der Waals surface area contributed by atoms with Crippen molar-refractivity contribution in [2.45, 2.75) is 45.3 Å². The van der Waals surface area contributed by atoms with Crippen molar-refractivity contribution in [3.8, 4) is 0 Å². The number of rotatable bonds is 5. The van der Waals surface area contributed by atoms with Crippen LogP contribution in [-0.4, -0.2) is 13.0 Å². The molecular formula is C18H26O3S. The van der Waals surface area contributed by atoms with E-state index in [4.69, 9.17) is 0 Å². The minimum atomic E-state index is -4.24. The van der Waals surface area contributed by atoms with E-state index in [1.54, 1.807) is 0 Å². The number of allylic oxidation sites excluding steroid dienone is 1. The van der Waals surface area contributed by atoms with Gasteiger partial charge in [-0.15, -0.1) is 0 Å². The van der Waals surface area contributed by atoms with Crippen molar-refractivity contribution in [3.63, 3.8) is 0 Å². The van der Waals surface area contributed by atoms with Gasteiger partial charge >= 0.3 is 0 Å². The first-order valence-electron chi connectivity index (χ1n) is 7.93. The highest BCUT2D eigenvalue weighted by Crippen LogP contribution is 2.49. The molecule has 22 heavy (non-hydrogen) atoms. The minimum Gasteiger partial charge on any atom is -0.285 e. The summed E-state index contributed by atoms with van der Waals surface area (Å²) in [5.74, 6) is 0.309. The summed E-state index contributed by atoms with van der Waals surface area (Å²) in [6, 6.07) is 7.51. The van der Waals surface area contributed by atoms with Crippen molar-refractivity contribution in [2.75, 3.05) is 0 Å². The van der Waals surface area contributed by atoms with Crippen LogP contribution in [0.4, 0.5) is 0 Å². The fraction of sp³-hybridized carbons (Fsp3) is 0.556. The van der Waals surface area contributed by atoms with E-state index < -0.39 is 14.9 Å². The lowest BCUT2D eigenvalue weighted by Crippen LogP contribution is -2.45. The Morgan fingerprint density at radius 3 is 2.32 bits per heavy atom. The van der Waals surface area contributed by atoms with E-state index in [0.717, 1.165) is 17.5 Å². The van der Waals surface area contributed by atoms with Crippen LogP contribution < -0.4 is 0 Å². The average Bonchev–Trinajstić information content (AvgIpc) is 2.39. The first-order chi connectivity index (χ1) is 10.2. The van der Waals surface area contributed by atoms with E-state index >= 15 is 0 Å². The van der Waals surface area contributed by atoms with Gasteiger partial charge in [0.15, 0.2) is 0 Å². The van der Waals surface area contributed by atoms with Gasteiger partial charge in [-0.25, -0.2) is 0 Å². The number of hydrogen-bond acceptors (Lipinski definition) is 2. The summed E-state index contributed by atoms with van der Waals surface area (Å²) in [6.45, 7) is 8.16. The zero-order chi connectivity index (χ0) is 16.5. The normalized spacial score (nSPS) is 24.8. The Bertz CT molecular complexity index is 659. The molecule has 0 bridgehead atoms. The Hall–Kier alpha value is -1.13. The van der Waals surface area contributed by atoms with E-state index in [-0.39, 0.29) is 11.8 Å². The molecule has 0 saturated heterocycles. The predicted molar refractivity (Wildman–Crippen MR) is 91.1 cm³/mol. The third kappa shape index (κ3) is 2.99. The summed E-state index contributed by atoms with van der Waals surface area (Å²) in [7, 11) is -4.24. The van der Waals surface area contributed by atoms with Gasteiger partial charge in [0.25, 0.3) is 10.1 Å². The maximum Gasteiger partial charge on any atom is 0.275 e. The Morgan fingerprint density at radius 2 is 1.77 bits per heavy atom. The minimum absolute atomic E-state index is 0.163. The molecule has 0 heterocycles. The van der Waals surface area contributed by atoms with E-state index in [2.05, 4.69) is 13.8 Å². The van der Waals surface area contributed by atoms with Crippen LogP contribution in [0.25, 0.3) is 6.08 Å². The van der Waals surface area contributed by atoms with Crippen molar-refractivity contribution in [1.82, 2.24) is 0 Å². The average molecular weight is 322 g/mol. The molecule has 1 aromatic carbocycles. The largest absolute Gasteiger partial charge is 0.285 e. The number of fused-ring (bicyclic) bond motifs is 1. The summed E-state index contributed by atoms with van der Waals surface area (Å²) in [5.41, 5.74) is 1.63. The van der Waals surface area contributed by atoms with Gasteiger partial charge in [0, 0.05) is 5.92 Å². The van der Waals surface area contributed by atoms with Crippen LogP contribution in [0.15, 0.2) is 30.3 Å². The molecule has 1 aliphatic carbocycles. The van der Waals surface area contributed by atoms with Crippen LogP contribution in [0.2, 0.25) is 0 Å². The Morgan fingerprint density at radius 1 is 1.14 bits per heavy atom. The zero-order valence-electron chi connectivity index (χ0n) is 13.8. The summed E-state index contributed by atoms with van der Waals surface area (Å²) in [5, 5.41) is 0. The molecule has 2 rings (SSSR count). The van der Waals surface area contributed by atoms with E-state index in [1.165, 1.54) is 0 Å². The molecule has 2 unspecified atom stereocenters. The van der Waals surface area contributed by atoms with Crippen molar-refractivity contribution < 1.29 is 13.0 Å². The summed E-state index contributed by atoms with van der Waals surface area (Å²) in [6.07, 6.45) is 5.12. The predicted octanol–water partition coefficient (Wildman–Crippen LogP) is 4.50. The smallest absolute Gasteiger partial charge is 0.275 e. The molecule has 0 spiro atoms. The summed E-state index contributed by atoms with van der Waals surface area (Å²) in [4.78, 5) is 0. The highest BCUT2D eigenvalue weighted by atomic mass is 32.2. The third-order valence-electron chi connectivity index (χ3n) is 4.42. The maximum atomic E-state index is 12.5. The highest BCUT2D eigenvalue weighted by Gasteiger charge is 2.52. The second-order valence-corrected chi connectivity index (χ2v) is 8.82. The molecule has 0 amide bonds. The number of benzene rings is 1. The first kappa shape index (κ1) is 17.2. The fourth-order valence-corrected chi connectivity index (χ4v) is 5.25. The summed E-state index contributed by atoms with van der Waals surface area (Å²) < 4.78 is 34.0. The Kier molecular flexibility index (Phi) is 4.83. The molecule has 122 valence electrons. The van der Waals surface area contributed by atoms with Gasteiger partial charge in [-0.05, 0) is 35.8 Å². The summed E-state index contributed by atoms with van der Waals surface area (Å²) >= 11 is 0. The van der Waals surface area contributed by atoms with E-state index in [1.807, 2.05) is 50.3 Å². The Balaban J connectivity index is 2.72. The lowest BCUT2D eigenvalue weighted by Gasteiger charge is -2.42. The van der Waals surface area contributed by atoms with Crippen molar-refractivity contribution in [3.05, 3.63) is 41.5 Å². The van der Waals surface area contributed by atoms with E-state index in [9.17, 15) is 13.0 Å². The Labute approximate surface area is 134 Å². The van der Waals surface area contributed by atoms with Gasteiger partial charge in [0.1, 0.15) is 4.75 Å². The van der Waals surface area contributed by atoms with Crippen LogP contribution in [0.3, 0.4) is 0 Å². The van der Waals surface area contributed by atoms with Crippen LogP contribution in [0, 0.1) is 17.8 Å². The van der Waals surface area contributed by atoms with Gasteiger partial charge < -0.3 is 0 Å². The van der Waals surface area contributed by atoms with Gasteiger partial charge in [-0.2, -0.15) is 8.42 Å². The monoisotopic (exact) mass is 322 g/mol. The second-order valence-electron chi connectivity index (χ2n) is 7.14. The SMILES string of the molecule is CC(C)CC1C=Cc2ccccc2C1(CC(C)C)S(=O)(=O)O. The maximum absolute atomic E-state index is 12.5. The first-order valence-corrected chi connectivity index (χ1v) is 9.37. The van der Waals surface area contributed by atoms with Crippen molar-refractivity contribution in [1.29, 1.82) is 0 Å². The second kappa shape index (κ2) is 6.17. The topological polar surface area (TPSA) is 54.4 Å². The lowest BCUT2D eigenvalue weighted by molar-refractivity contribution is 0.287. The molecule has 2 atom stereocenters.